The Bertz CT molecular complexity index is 1410. The molecule has 2 amide bonds. The molecule has 0 aromatic heterocycles. The molecule has 0 spiro atoms. The van der Waals surface area contributed by atoms with Gasteiger partial charge >= 0.3 is 11.9 Å². The number of piperazine rings is 1. The van der Waals surface area contributed by atoms with Crippen LogP contribution in [0.25, 0.3) is 0 Å². The summed E-state index contributed by atoms with van der Waals surface area (Å²) in [6.07, 6.45) is 0. The van der Waals surface area contributed by atoms with Gasteiger partial charge in [-0.2, -0.15) is 5.26 Å². The molecular formula is C27H25N5O6. The van der Waals surface area contributed by atoms with Gasteiger partial charge in [0, 0.05) is 13.1 Å². The fraction of sp³-hybridized carbons (Fsp3) is 0.222. The smallest absolute Gasteiger partial charge is 0.355 e. The number of ether oxygens (including phenoxy) is 2. The van der Waals surface area contributed by atoms with Crippen molar-refractivity contribution in [1.29, 1.82) is 5.26 Å². The SMILES string of the molecule is COC(=O)C1=C(C(=O)OC)N(c2ccccc2C(=O)N2CCNC(=O)C2)C(N)=C(C#N)C1c1ccccc1. The number of benzene rings is 2. The number of anilines is 1. The van der Waals surface area contributed by atoms with Crippen molar-refractivity contribution in [3.8, 4) is 6.07 Å². The number of methoxy groups -OCH3 is 2. The van der Waals surface area contributed by atoms with E-state index < -0.39 is 23.8 Å². The standard InChI is InChI=1S/C27H25N5O6/c1-37-26(35)22-21(16-8-4-3-5-9-16)18(14-28)24(29)32(23(22)27(36)38-2)19-11-7-6-10-17(19)25(34)31-13-12-30-20(33)15-31/h3-11,21H,12-13,15,29H2,1-2H3,(H,30,33). The Labute approximate surface area is 218 Å². The summed E-state index contributed by atoms with van der Waals surface area (Å²) in [5, 5.41) is 12.9. The molecule has 3 N–H and O–H groups in total. The molecule has 0 bridgehead atoms. The minimum absolute atomic E-state index is 0.0242. The Morgan fingerprint density at radius 1 is 1.03 bits per heavy atom. The maximum absolute atomic E-state index is 13.5. The molecule has 38 heavy (non-hydrogen) atoms. The van der Waals surface area contributed by atoms with Crippen LogP contribution in [0.3, 0.4) is 0 Å². The Morgan fingerprint density at radius 3 is 2.32 bits per heavy atom. The average Bonchev–Trinajstić information content (AvgIpc) is 2.95. The lowest BCUT2D eigenvalue weighted by molar-refractivity contribution is -0.139. The van der Waals surface area contributed by atoms with Crippen LogP contribution >= 0.6 is 0 Å². The molecule has 2 aromatic rings. The first-order valence-electron chi connectivity index (χ1n) is 11.6. The molecule has 11 nitrogen and oxygen atoms in total. The lowest BCUT2D eigenvalue weighted by atomic mass is 9.80. The molecular weight excluding hydrogens is 490 g/mol. The van der Waals surface area contributed by atoms with E-state index in [1.807, 2.05) is 0 Å². The van der Waals surface area contributed by atoms with Crippen molar-refractivity contribution in [2.24, 2.45) is 5.73 Å². The third kappa shape index (κ3) is 4.55. The topological polar surface area (TPSA) is 155 Å². The van der Waals surface area contributed by atoms with Gasteiger partial charge in [0.15, 0.2) is 0 Å². The zero-order chi connectivity index (χ0) is 27.4. The zero-order valence-corrected chi connectivity index (χ0v) is 20.8. The molecule has 2 aliphatic heterocycles. The van der Waals surface area contributed by atoms with E-state index in [9.17, 15) is 24.4 Å². The van der Waals surface area contributed by atoms with Crippen LogP contribution in [0.2, 0.25) is 0 Å². The third-order valence-corrected chi connectivity index (χ3v) is 6.31. The highest BCUT2D eigenvalue weighted by molar-refractivity contribution is 6.09. The van der Waals surface area contributed by atoms with Gasteiger partial charge in [-0.3, -0.25) is 14.5 Å². The van der Waals surface area contributed by atoms with Crippen molar-refractivity contribution < 1.29 is 28.7 Å². The summed E-state index contributed by atoms with van der Waals surface area (Å²) in [5.74, 6) is -3.79. The third-order valence-electron chi connectivity index (χ3n) is 6.31. The van der Waals surface area contributed by atoms with Gasteiger partial charge in [-0.05, 0) is 17.7 Å². The normalized spacial score (nSPS) is 17.5. The van der Waals surface area contributed by atoms with E-state index in [2.05, 4.69) is 11.4 Å². The number of nitrogens with two attached hydrogens (primary N) is 1. The Kier molecular flexibility index (Phi) is 7.43. The zero-order valence-electron chi connectivity index (χ0n) is 20.8. The maximum atomic E-state index is 13.5. The number of nitrogens with one attached hydrogen (secondary N) is 1. The highest BCUT2D eigenvalue weighted by atomic mass is 16.5. The predicted octanol–water partition coefficient (Wildman–Crippen LogP) is 1.16. The maximum Gasteiger partial charge on any atom is 0.355 e. The van der Waals surface area contributed by atoms with Crippen LogP contribution in [0, 0.1) is 11.3 Å². The molecule has 2 aromatic carbocycles. The number of rotatable bonds is 5. The number of esters is 2. The Hall–Kier alpha value is -5.11. The number of para-hydroxylation sites is 1. The molecule has 2 aliphatic rings. The number of carbonyl (C=O) groups excluding carboxylic acids is 4. The number of hydrogen-bond acceptors (Lipinski definition) is 9. The van der Waals surface area contributed by atoms with Gasteiger partial charge in [0.25, 0.3) is 5.91 Å². The molecule has 11 heteroatoms. The second-order valence-corrected chi connectivity index (χ2v) is 8.43. The molecule has 1 unspecified atom stereocenters. The number of carbonyl (C=O) groups is 4. The van der Waals surface area contributed by atoms with Gasteiger partial charge in [0.1, 0.15) is 11.5 Å². The van der Waals surface area contributed by atoms with Crippen LogP contribution in [0.5, 0.6) is 0 Å². The van der Waals surface area contributed by atoms with E-state index in [1.54, 1.807) is 42.5 Å². The first-order valence-corrected chi connectivity index (χ1v) is 11.6. The average molecular weight is 516 g/mol. The quantitative estimate of drug-likeness (QED) is 0.558. The summed E-state index contributed by atoms with van der Waals surface area (Å²) in [6, 6.07) is 17.0. The van der Waals surface area contributed by atoms with Crippen molar-refractivity contribution in [2.75, 3.05) is 38.8 Å². The summed E-state index contributed by atoms with van der Waals surface area (Å²) in [6.45, 7) is 0.414. The van der Waals surface area contributed by atoms with Gasteiger partial charge < -0.3 is 25.4 Å². The van der Waals surface area contributed by atoms with Crippen LogP contribution in [-0.2, 0) is 23.9 Å². The van der Waals surface area contributed by atoms with E-state index in [1.165, 1.54) is 21.9 Å². The minimum atomic E-state index is -1.03. The molecule has 1 atom stereocenters. The number of hydrogen-bond donors (Lipinski definition) is 2. The van der Waals surface area contributed by atoms with Crippen molar-refractivity contribution in [3.63, 3.8) is 0 Å². The molecule has 1 saturated heterocycles. The van der Waals surface area contributed by atoms with E-state index in [-0.39, 0.29) is 59.5 Å². The lowest BCUT2D eigenvalue weighted by Gasteiger charge is -2.37. The summed E-state index contributed by atoms with van der Waals surface area (Å²) in [5.41, 5.74) is 6.82. The summed E-state index contributed by atoms with van der Waals surface area (Å²) in [7, 11) is 2.30. The number of nitrogens with zero attached hydrogens (tertiary/aromatic N) is 3. The van der Waals surface area contributed by atoms with Gasteiger partial charge in [-0.15, -0.1) is 0 Å². The molecule has 1 fully saturated rings. The highest BCUT2D eigenvalue weighted by Crippen LogP contribution is 2.44. The van der Waals surface area contributed by atoms with Crippen molar-refractivity contribution >= 4 is 29.4 Å². The number of amides is 2. The molecule has 0 saturated carbocycles. The molecule has 194 valence electrons. The fourth-order valence-corrected chi connectivity index (χ4v) is 4.60. The second-order valence-electron chi connectivity index (χ2n) is 8.43. The Morgan fingerprint density at radius 2 is 1.68 bits per heavy atom. The number of allylic oxidation sites excluding steroid dienone is 1. The van der Waals surface area contributed by atoms with Gasteiger partial charge in [-0.25, -0.2) is 9.59 Å². The Balaban J connectivity index is 2.00. The molecule has 0 aliphatic carbocycles. The predicted molar refractivity (Wildman–Crippen MR) is 135 cm³/mol. The highest BCUT2D eigenvalue weighted by Gasteiger charge is 2.44. The summed E-state index contributed by atoms with van der Waals surface area (Å²) in [4.78, 5) is 54.5. The fourth-order valence-electron chi connectivity index (χ4n) is 4.60. The minimum Gasteiger partial charge on any atom is -0.466 e. The monoisotopic (exact) mass is 515 g/mol. The van der Waals surface area contributed by atoms with Gasteiger partial charge in [0.2, 0.25) is 5.91 Å². The van der Waals surface area contributed by atoms with E-state index in [0.29, 0.717) is 5.56 Å². The van der Waals surface area contributed by atoms with E-state index in [0.717, 1.165) is 14.2 Å². The summed E-state index contributed by atoms with van der Waals surface area (Å²) < 4.78 is 10.1. The lowest BCUT2D eigenvalue weighted by Crippen LogP contribution is -2.50. The number of nitriles is 1. The van der Waals surface area contributed by atoms with Gasteiger partial charge in [-0.1, -0.05) is 42.5 Å². The van der Waals surface area contributed by atoms with Crippen LogP contribution in [-0.4, -0.2) is 62.5 Å². The molecule has 2 heterocycles. The van der Waals surface area contributed by atoms with E-state index in [4.69, 9.17) is 15.2 Å². The van der Waals surface area contributed by atoms with Crippen molar-refractivity contribution in [2.45, 2.75) is 5.92 Å². The first-order chi connectivity index (χ1) is 18.3. The first kappa shape index (κ1) is 26.0. The largest absolute Gasteiger partial charge is 0.466 e. The van der Waals surface area contributed by atoms with Crippen LogP contribution in [0.4, 0.5) is 5.69 Å². The van der Waals surface area contributed by atoms with Crippen LogP contribution < -0.4 is 16.0 Å². The van der Waals surface area contributed by atoms with Crippen LogP contribution in [0.1, 0.15) is 21.8 Å². The second kappa shape index (κ2) is 10.9. The van der Waals surface area contributed by atoms with Crippen molar-refractivity contribution in [3.05, 3.63) is 88.4 Å². The van der Waals surface area contributed by atoms with Crippen molar-refractivity contribution in [1.82, 2.24) is 10.2 Å². The molecule has 4 rings (SSSR count). The van der Waals surface area contributed by atoms with E-state index >= 15 is 0 Å². The summed E-state index contributed by atoms with van der Waals surface area (Å²) >= 11 is 0. The van der Waals surface area contributed by atoms with Crippen LogP contribution in [0.15, 0.2) is 77.3 Å². The molecule has 0 radical (unpaired) electrons. The van der Waals surface area contributed by atoms with Gasteiger partial charge in [0.05, 0.1) is 55.1 Å².